The van der Waals surface area contributed by atoms with E-state index in [2.05, 4.69) is 5.32 Å². The minimum Gasteiger partial charge on any atom is -0.302 e. The second-order valence-corrected chi connectivity index (χ2v) is 7.64. The zero-order valence-corrected chi connectivity index (χ0v) is 9.38. The van der Waals surface area contributed by atoms with Gasteiger partial charge < -0.3 is 5.32 Å². The summed E-state index contributed by atoms with van der Waals surface area (Å²) in [4.78, 5) is -0.156. The summed E-state index contributed by atoms with van der Waals surface area (Å²) >= 11 is 1.79. The van der Waals surface area contributed by atoms with Crippen LogP contribution in [0, 0.1) is 0 Å². The molecule has 0 radical (unpaired) electrons. The van der Waals surface area contributed by atoms with Crippen LogP contribution in [0.25, 0.3) is 0 Å². The third-order valence-electron chi connectivity index (χ3n) is 3.06. The Morgan fingerprint density at radius 2 is 2.31 bits per heavy atom. The highest BCUT2D eigenvalue weighted by Gasteiger charge is 2.50. The molecule has 2 rings (SSSR count). The van der Waals surface area contributed by atoms with Crippen molar-refractivity contribution in [3.05, 3.63) is 0 Å². The summed E-state index contributed by atoms with van der Waals surface area (Å²) in [5, 5.41) is 3.17. The van der Waals surface area contributed by atoms with Gasteiger partial charge in [-0.05, 0) is 32.1 Å². The SMILES string of the molecule is CC1C2(CCS1(=O)=O)NCCCS2. The molecule has 0 saturated carbocycles. The minimum absolute atomic E-state index is 0.156. The van der Waals surface area contributed by atoms with Gasteiger partial charge in [-0.15, -0.1) is 11.8 Å². The predicted molar refractivity (Wildman–Crippen MR) is 55.7 cm³/mol. The first-order chi connectivity index (χ1) is 6.07. The zero-order chi connectivity index (χ0) is 9.53. The normalized spacial score (nSPS) is 43.9. The fourth-order valence-corrected chi connectivity index (χ4v) is 5.92. The Balaban J connectivity index is 2.25. The van der Waals surface area contributed by atoms with E-state index in [-0.39, 0.29) is 10.1 Å². The molecule has 2 saturated heterocycles. The summed E-state index contributed by atoms with van der Waals surface area (Å²) in [5.74, 6) is 1.45. The summed E-state index contributed by atoms with van der Waals surface area (Å²) in [7, 11) is -2.82. The molecule has 0 bridgehead atoms. The van der Waals surface area contributed by atoms with E-state index in [1.165, 1.54) is 0 Å². The van der Waals surface area contributed by atoms with E-state index in [0.717, 1.165) is 25.1 Å². The van der Waals surface area contributed by atoms with Crippen LogP contribution in [0.4, 0.5) is 0 Å². The van der Waals surface area contributed by atoms with Crippen LogP contribution in [-0.2, 0) is 9.84 Å². The maximum absolute atomic E-state index is 11.6. The van der Waals surface area contributed by atoms with Gasteiger partial charge in [0.25, 0.3) is 0 Å². The lowest BCUT2D eigenvalue weighted by Gasteiger charge is -2.36. The molecule has 2 heterocycles. The fraction of sp³-hybridized carbons (Fsp3) is 1.00. The average Bonchev–Trinajstić information content (AvgIpc) is 2.33. The van der Waals surface area contributed by atoms with Crippen LogP contribution in [-0.4, -0.2) is 36.6 Å². The van der Waals surface area contributed by atoms with Crippen molar-refractivity contribution in [2.24, 2.45) is 0 Å². The van der Waals surface area contributed by atoms with Crippen molar-refractivity contribution in [1.82, 2.24) is 5.32 Å². The summed E-state index contributed by atoms with van der Waals surface area (Å²) < 4.78 is 23.2. The Kier molecular flexibility index (Phi) is 2.37. The highest BCUT2D eigenvalue weighted by molar-refractivity contribution is 8.02. The smallest absolute Gasteiger partial charge is 0.155 e. The number of thioether (sulfide) groups is 1. The molecule has 1 spiro atoms. The molecule has 0 aromatic carbocycles. The zero-order valence-electron chi connectivity index (χ0n) is 7.75. The van der Waals surface area contributed by atoms with Gasteiger partial charge in [-0.25, -0.2) is 8.42 Å². The molecular formula is C8H15NO2S2. The summed E-state index contributed by atoms with van der Waals surface area (Å²) in [5.41, 5.74) is 0. The summed E-state index contributed by atoms with van der Waals surface area (Å²) in [6.07, 6.45) is 1.93. The van der Waals surface area contributed by atoms with Gasteiger partial charge in [0.2, 0.25) is 0 Å². The molecule has 2 atom stereocenters. The van der Waals surface area contributed by atoms with E-state index >= 15 is 0 Å². The van der Waals surface area contributed by atoms with Gasteiger partial charge in [-0.2, -0.15) is 0 Å². The van der Waals surface area contributed by atoms with Crippen LogP contribution < -0.4 is 5.32 Å². The van der Waals surface area contributed by atoms with E-state index in [1.807, 2.05) is 6.92 Å². The molecule has 0 amide bonds. The van der Waals surface area contributed by atoms with Gasteiger partial charge in [0.1, 0.15) is 0 Å². The van der Waals surface area contributed by atoms with Gasteiger partial charge in [0.15, 0.2) is 9.84 Å². The van der Waals surface area contributed by atoms with E-state index < -0.39 is 9.84 Å². The maximum Gasteiger partial charge on any atom is 0.155 e. The molecule has 1 N–H and O–H groups in total. The standard InChI is InChI=1S/C8H15NO2S2/c1-7-8(3-6-13(7,10)11)9-4-2-5-12-8/h7,9H,2-6H2,1H3. The van der Waals surface area contributed by atoms with Crippen LogP contribution in [0.5, 0.6) is 0 Å². The van der Waals surface area contributed by atoms with E-state index in [9.17, 15) is 8.42 Å². The Hall–Kier alpha value is 0.260. The highest BCUT2D eigenvalue weighted by Crippen LogP contribution is 2.41. The number of sulfone groups is 1. The van der Waals surface area contributed by atoms with Crippen LogP contribution in [0.2, 0.25) is 0 Å². The van der Waals surface area contributed by atoms with Crippen LogP contribution in [0.3, 0.4) is 0 Å². The summed E-state index contributed by atoms with van der Waals surface area (Å²) in [6.45, 7) is 2.81. The monoisotopic (exact) mass is 221 g/mol. The third kappa shape index (κ3) is 1.51. The predicted octanol–water partition coefficient (Wildman–Crippen LogP) is 0.616. The van der Waals surface area contributed by atoms with E-state index in [4.69, 9.17) is 0 Å². The van der Waals surface area contributed by atoms with Crippen LogP contribution in [0.1, 0.15) is 19.8 Å². The second-order valence-electron chi connectivity index (χ2n) is 3.78. The van der Waals surface area contributed by atoms with Gasteiger partial charge >= 0.3 is 0 Å². The van der Waals surface area contributed by atoms with Crippen LogP contribution >= 0.6 is 11.8 Å². The molecule has 3 nitrogen and oxygen atoms in total. The minimum atomic E-state index is -2.82. The maximum atomic E-state index is 11.6. The molecule has 0 aliphatic carbocycles. The first-order valence-electron chi connectivity index (χ1n) is 4.67. The Morgan fingerprint density at radius 1 is 1.54 bits per heavy atom. The molecule has 2 aliphatic rings. The topological polar surface area (TPSA) is 46.2 Å². The van der Waals surface area contributed by atoms with Crippen molar-refractivity contribution in [3.8, 4) is 0 Å². The summed E-state index contributed by atoms with van der Waals surface area (Å²) in [6, 6.07) is 0. The molecule has 76 valence electrons. The second kappa shape index (κ2) is 3.14. The quantitative estimate of drug-likeness (QED) is 0.651. The molecule has 2 aliphatic heterocycles. The number of hydrogen-bond donors (Lipinski definition) is 1. The first-order valence-corrected chi connectivity index (χ1v) is 7.37. The molecule has 0 aromatic rings. The number of nitrogens with one attached hydrogen (secondary N) is 1. The molecular weight excluding hydrogens is 206 g/mol. The fourth-order valence-electron chi connectivity index (χ4n) is 2.06. The lowest BCUT2D eigenvalue weighted by molar-refractivity contribution is 0.448. The lowest BCUT2D eigenvalue weighted by Crippen LogP contribution is -2.51. The average molecular weight is 221 g/mol. The van der Waals surface area contributed by atoms with Gasteiger partial charge in [-0.3, -0.25) is 0 Å². The van der Waals surface area contributed by atoms with Crippen molar-refractivity contribution in [2.75, 3.05) is 18.1 Å². The van der Waals surface area contributed by atoms with E-state index in [0.29, 0.717) is 5.75 Å². The number of hydrogen-bond acceptors (Lipinski definition) is 4. The van der Waals surface area contributed by atoms with Gasteiger partial charge in [0.05, 0.1) is 15.9 Å². The van der Waals surface area contributed by atoms with Gasteiger partial charge in [-0.1, -0.05) is 0 Å². The largest absolute Gasteiger partial charge is 0.302 e. The molecule has 13 heavy (non-hydrogen) atoms. The highest BCUT2D eigenvalue weighted by atomic mass is 32.2. The Labute approximate surface area is 83.6 Å². The molecule has 2 fully saturated rings. The van der Waals surface area contributed by atoms with Crippen molar-refractivity contribution < 1.29 is 8.42 Å². The van der Waals surface area contributed by atoms with Crippen molar-refractivity contribution >= 4 is 21.6 Å². The molecule has 0 aromatic heterocycles. The molecule has 5 heteroatoms. The number of rotatable bonds is 0. The lowest BCUT2D eigenvalue weighted by atomic mass is 10.1. The molecule has 2 unspecified atom stereocenters. The Morgan fingerprint density at radius 3 is 2.77 bits per heavy atom. The van der Waals surface area contributed by atoms with Crippen molar-refractivity contribution in [3.63, 3.8) is 0 Å². The van der Waals surface area contributed by atoms with Crippen LogP contribution in [0.15, 0.2) is 0 Å². The van der Waals surface area contributed by atoms with Gasteiger partial charge in [0, 0.05) is 0 Å². The van der Waals surface area contributed by atoms with Crippen molar-refractivity contribution in [1.29, 1.82) is 0 Å². The Bertz CT molecular complexity index is 293. The first kappa shape index (κ1) is 9.80. The van der Waals surface area contributed by atoms with Crippen molar-refractivity contribution in [2.45, 2.75) is 29.9 Å². The van der Waals surface area contributed by atoms with E-state index in [1.54, 1.807) is 11.8 Å². The third-order valence-corrected chi connectivity index (χ3v) is 7.17.